The lowest BCUT2D eigenvalue weighted by Crippen LogP contribution is -2.15. The van der Waals surface area contributed by atoms with Gasteiger partial charge in [-0.3, -0.25) is 0 Å². The molecule has 1 heterocycles. The quantitative estimate of drug-likeness (QED) is 0.900. The van der Waals surface area contributed by atoms with Crippen molar-refractivity contribution in [3.63, 3.8) is 0 Å². The Morgan fingerprint density at radius 3 is 2.44 bits per heavy atom. The number of rotatable bonds is 4. The van der Waals surface area contributed by atoms with E-state index in [9.17, 15) is 0 Å². The molecule has 1 atom stereocenters. The molecule has 2 aromatic rings. The lowest BCUT2D eigenvalue weighted by molar-refractivity contribution is 0.333. The van der Waals surface area contributed by atoms with E-state index in [4.69, 9.17) is 15.0 Å². The molecule has 0 fully saturated rings. The number of nitrogens with two attached hydrogens (primary N) is 1. The first-order valence-corrected chi connectivity index (χ1v) is 5.98. The van der Waals surface area contributed by atoms with E-state index in [1.165, 1.54) is 0 Å². The van der Waals surface area contributed by atoms with Gasteiger partial charge in [-0.15, -0.1) is 0 Å². The normalized spacial score (nSPS) is 12.7. The van der Waals surface area contributed by atoms with Crippen LogP contribution in [0.1, 0.15) is 25.6 Å². The summed E-state index contributed by atoms with van der Waals surface area (Å²) in [5.41, 5.74) is 7.80. The minimum absolute atomic E-state index is 0.121. The van der Waals surface area contributed by atoms with Crippen molar-refractivity contribution in [1.82, 2.24) is 5.16 Å². The molecule has 1 aromatic carbocycles. The molecule has 0 saturated heterocycles. The average Bonchev–Trinajstić information content (AvgIpc) is 2.87. The number of hydrogen-bond donors (Lipinski definition) is 1. The van der Waals surface area contributed by atoms with Crippen LogP contribution in [-0.4, -0.2) is 12.3 Å². The molecule has 4 nitrogen and oxygen atoms in total. The van der Waals surface area contributed by atoms with Gasteiger partial charge in [0.2, 0.25) is 0 Å². The van der Waals surface area contributed by atoms with Gasteiger partial charge in [0.1, 0.15) is 11.4 Å². The Morgan fingerprint density at radius 1 is 1.22 bits per heavy atom. The number of aromatic nitrogens is 1. The molecule has 0 aliphatic carbocycles. The fraction of sp³-hybridized carbons (Fsp3) is 0.357. The van der Waals surface area contributed by atoms with Crippen molar-refractivity contribution in [1.29, 1.82) is 0 Å². The highest BCUT2D eigenvalue weighted by Crippen LogP contribution is 2.26. The van der Waals surface area contributed by atoms with Crippen LogP contribution in [0.4, 0.5) is 0 Å². The Hall–Kier alpha value is -1.81. The van der Waals surface area contributed by atoms with Crippen LogP contribution in [0.2, 0.25) is 0 Å². The summed E-state index contributed by atoms with van der Waals surface area (Å²) in [5.74, 6) is 1.86. The van der Waals surface area contributed by atoms with E-state index in [-0.39, 0.29) is 6.04 Å². The molecule has 0 amide bonds. The fourth-order valence-corrected chi connectivity index (χ4v) is 1.67. The molecule has 0 bridgehead atoms. The smallest absolute Gasteiger partial charge is 0.154 e. The van der Waals surface area contributed by atoms with E-state index in [1.807, 2.05) is 30.3 Å². The summed E-state index contributed by atoms with van der Waals surface area (Å²) in [4.78, 5) is 0. The number of hydrogen-bond acceptors (Lipinski definition) is 4. The monoisotopic (exact) mass is 246 g/mol. The third-order valence-corrected chi connectivity index (χ3v) is 2.96. The van der Waals surface area contributed by atoms with Crippen LogP contribution in [-0.2, 0) is 0 Å². The van der Waals surface area contributed by atoms with Gasteiger partial charge in [0, 0.05) is 11.6 Å². The van der Waals surface area contributed by atoms with Gasteiger partial charge in [0.05, 0.1) is 13.2 Å². The van der Waals surface area contributed by atoms with E-state index in [2.05, 4.69) is 19.0 Å². The summed E-state index contributed by atoms with van der Waals surface area (Å²) in [7, 11) is 1.64. The molecule has 18 heavy (non-hydrogen) atoms. The maximum atomic E-state index is 6.02. The summed E-state index contributed by atoms with van der Waals surface area (Å²) >= 11 is 0. The maximum Gasteiger partial charge on any atom is 0.154 e. The number of benzene rings is 1. The highest BCUT2D eigenvalue weighted by Gasteiger charge is 2.16. The topological polar surface area (TPSA) is 61.3 Å². The number of ether oxygens (including phenoxy) is 1. The standard InChI is InChI=1S/C14H18N2O2/c1-9(2)14(15)13-8-12(16-18-13)10-4-6-11(17-3)7-5-10/h4-9,14H,15H2,1-3H3. The average molecular weight is 246 g/mol. The van der Waals surface area contributed by atoms with Crippen molar-refractivity contribution in [2.45, 2.75) is 19.9 Å². The Kier molecular flexibility index (Phi) is 3.67. The molecule has 2 N–H and O–H groups in total. The van der Waals surface area contributed by atoms with Crippen LogP contribution in [0.25, 0.3) is 11.3 Å². The molecular formula is C14H18N2O2. The lowest BCUT2D eigenvalue weighted by Gasteiger charge is -2.10. The second-order valence-corrected chi connectivity index (χ2v) is 4.61. The van der Waals surface area contributed by atoms with Crippen molar-refractivity contribution >= 4 is 0 Å². The van der Waals surface area contributed by atoms with Crippen LogP contribution in [0.3, 0.4) is 0 Å². The van der Waals surface area contributed by atoms with E-state index >= 15 is 0 Å². The minimum atomic E-state index is -0.121. The van der Waals surface area contributed by atoms with Gasteiger partial charge >= 0.3 is 0 Å². The third kappa shape index (κ3) is 2.54. The van der Waals surface area contributed by atoms with Crippen molar-refractivity contribution in [3.8, 4) is 17.0 Å². The zero-order valence-corrected chi connectivity index (χ0v) is 10.9. The Balaban J connectivity index is 2.23. The van der Waals surface area contributed by atoms with Crippen molar-refractivity contribution in [2.75, 3.05) is 7.11 Å². The second kappa shape index (κ2) is 5.23. The Labute approximate surface area is 107 Å². The molecule has 1 aromatic heterocycles. The van der Waals surface area contributed by atoms with Crippen LogP contribution in [0, 0.1) is 5.92 Å². The maximum absolute atomic E-state index is 6.02. The Morgan fingerprint density at radius 2 is 1.89 bits per heavy atom. The zero-order chi connectivity index (χ0) is 13.1. The summed E-state index contributed by atoms with van der Waals surface area (Å²) in [6.07, 6.45) is 0. The third-order valence-electron chi connectivity index (χ3n) is 2.96. The predicted octanol–water partition coefficient (Wildman–Crippen LogP) is 3.01. The second-order valence-electron chi connectivity index (χ2n) is 4.61. The molecular weight excluding hydrogens is 228 g/mol. The molecule has 2 rings (SSSR count). The fourth-order valence-electron chi connectivity index (χ4n) is 1.67. The summed E-state index contributed by atoms with van der Waals surface area (Å²) in [5, 5.41) is 4.05. The van der Waals surface area contributed by atoms with E-state index in [1.54, 1.807) is 7.11 Å². The highest BCUT2D eigenvalue weighted by atomic mass is 16.5. The highest BCUT2D eigenvalue weighted by molar-refractivity contribution is 5.59. The summed E-state index contributed by atoms with van der Waals surface area (Å²) in [6, 6.07) is 9.46. The van der Waals surface area contributed by atoms with Crippen molar-refractivity contribution in [3.05, 3.63) is 36.1 Å². The molecule has 0 radical (unpaired) electrons. The minimum Gasteiger partial charge on any atom is -0.497 e. The molecule has 0 aliphatic heterocycles. The van der Waals surface area contributed by atoms with Crippen LogP contribution >= 0.6 is 0 Å². The molecule has 1 unspecified atom stereocenters. The zero-order valence-electron chi connectivity index (χ0n) is 10.9. The number of nitrogens with zero attached hydrogens (tertiary/aromatic N) is 1. The van der Waals surface area contributed by atoms with Crippen molar-refractivity contribution in [2.24, 2.45) is 11.7 Å². The van der Waals surface area contributed by atoms with Gasteiger partial charge in [-0.25, -0.2) is 0 Å². The Bertz CT molecular complexity index is 503. The van der Waals surface area contributed by atoms with E-state index in [0.29, 0.717) is 5.92 Å². The van der Waals surface area contributed by atoms with Crippen LogP contribution < -0.4 is 10.5 Å². The predicted molar refractivity (Wildman–Crippen MR) is 70.3 cm³/mol. The van der Waals surface area contributed by atoms with Gasteiger partial charge in [-0.05, 0) is 30.2 Å². The largest absolute Gasteiger partial charge is 0.497 e. The van der Waals surface area contributed by atoms with Gasteiger partial charge in [-0.1, -0.05) is 19.0 Å². The first-order chi connectivity index (χ1) is 8.61. The molecule has 4 heteroatoms. The summed E-state index contributed by atoms with van der Waals surface area (Å²) in [6.45, 7) is 4.11. The molecule has 0 saturated carbocycles. The first kappa shape index (κ1) is 12.6. The van der Waals surface area contributed by atoms with Crippen molar-refractivity contribution < 1.29 is 9.26 Å². The van der Waals surface area contributed by atoms with Crippen LogP contribution in [0.15, 0.2) is 34.9 Å². The van der Waals surface area contributed by atoms with Gasteiger partial charge in [-0.2, -0.15) is 0 Å². The van der Waals surface area contributed by atoms with Gasteiger partial charge in [0.25, 0.3) is 0 Å². The first-order valence-electron chi connectivity index (χ1n) is 5.98. The molecule has 96 valence electrons. The SMILES string of the molecule is COc1ccc(-c2cc(C(N)C(C)C)on2)cc1. The summed E-state index contributed by atoms with van der Waals surface area (Å²) < 4.78 is 10.4. The molecule has 0 aliphatic rings. The van der Waals surface area contributed by atoms with E-state index < -0.39 is 0 Å². The lowest BCUT2D eigenvalue weighted by atomic mass is 10.0. The van der Waals surface area contributed by atoms with Gasteiger partial charge < -0.3 is 15.0 Å². The van der Waals surface area contributed by atoms with Crippen LogP contribution in [0.5, 0.6) is 5.75 Å². The van der Waals surface area contributed by atoms with E-state index in [0.717, 1.165) is 22.8 Å². The van der Waals surface area contributed by atoms with Gasteiger partial charge in [0.15, 0.2) is 5.76 Å². The number of methoxy groups -OCH3 is 1. The molecule has 0 spiro atoms.